The van der Waals surface area contributed by atoms with Crippen molar-refractivity contribution in [3.8, 4) is 11.5 Å². The maximum absolute atomic E-state index is 12.5. The Morgan fingerprint density at radius 2 is 2.08 bits per heavy atom. The normalized spacial score (nSPS) is 14.6. The average molecular weight is 385 g/mol. The molecule has 122 valence electrons. The lowest BCUT2D eigenvalue weighted by molar-refractivity contribution is 0.104. The Balaban J connectivity index is 1.95. The number of fused-ring (bicyclic) bond motifs is 1. The molecule has 0 unspecified atom stereocenters. The first kappa shape index (κ1) is 16.5. The van der Waals surface area contributed by atoms with Crippen LogP contribution < -0.4 is 9.47 Å². The summed E-state index contributed by atoms with van der Waals surface area (Å²) >= 11 is 3.51. The number of carbonyl (C=O) groups is 1. The molecule has 0 saturated carbocycles. The number of benzene rings is 2. The molecule has 0 heterocycles. The molecule has 24 heavy (non-hydrogen) atoms. The topological polar surface area (TPSA) is 35.5 Å². The largest absolute Gasteiger partial charge is 0.493 e. The van der Waals surface area contributed by atoms with E-state index in [2.05, 4.69) is 22.5 Å². The fourth-order valence-corrected chi connectivity index (χ4v) is 3.35. The second kappa shape index (κ2) is 7.05. The van der Waals surface area contributed by atoms with E-state index in [4.69, 9.17) is 9.47 Å². The number of ketones is 1. The molecule has 0 bridgehead atoms. The zero-order valence-electron chi connectivity index (χ0n) is 13.3. The summed E-state index contributed by atoms with van der Waals surface area (Å²) in [7, 11) is 1.59. The molecule has 0 atom stereocenters. The van der Waals surface area contributed by atoms with Crippen molar-refractivity contribution >= 4 is 27.8 Å². The van der Waals surface area contributed by atoms with Crippen LogP contribution in [0.15, 0.2) is 59.1 Å². The van der Waals surface area contributed by atoms with Gasteiger partial charge in [0.15, 0.2) is 17.3 Å². The van der Waals surface area contributed by atoms with Crippen molar-refractivity contribution in [2.45, 2.75) is 6.42 Å². The smallest absolute Gasteiger partial charge is 0.189 e. The minimum atomic E-state index is 0.0904. The second-order valence-electron chi connectivity index (χ2n) is 5.47. The molecule has 1 aliphatic carbocycles. The highest BCUT2D eigenvalue weighted by atomic mass is 79.9. The number of carbonyl (C=O) groups excluding carboxylic acids is 1. The molecule has 2 aromatic carbocycles. The fraction of sp³-hybridized carbons (Fsp3) is 0.150. The summed E-state index contributed by atoms with van der Waals surface area (Å²) in [5.41, 5.74) is 3.54. The summed E-state index contributed by atoms with van der Waals surface area (Å²) in [6, 6.07) is 11.5. The lowest BCUT2D eigenvalue weighted by atomic mass is 10.1. The van der Waals surface area contributed by atoms with E-state index in [0.29, 0.717) is 24.5 Å². The highest BCUT2D eigenvalue weighted by Crippen LogP contribution is 2.38. The number of rotatable bonds is 5. The third kappa shape index (κ3) is 3.15. The quantitative estimate of drug-likeness (QED) is 0.546. The Morgan fingerprint density at radius 1 is 1.29 bits per heavy atom. The molecular weight excluding hydrogens is 368 g/mol. The van der Waals surface area contributed by atoms with Crippen LogP contribution in [0.2, 0.25) is 0 Å². The van der Waals surface area contributed by atoms with Gasteiger partial charge >= 0.3 is 0 Å². The lowest BCUT2D eigenvalue weighted by Crippen LogP contribution is -1.98. The van der Waals surface area contributed by atoms with Crippen molar-refractivity contribution in [2.24, 2.45) is 0 Å². The third-order valence-electron chi connectivity index (χ3n) is 3.87. The molecule has 1 aliphatic rings. The van der Waals surface area contributed by atoms with E-state index < -0.39 is 0 Å². The van der Waals surface area contributed by atoms with E-state index in [1.165, 1.54) is 0 Å². The first-order valence-electron chi connectivity index (χ1n) is 7.58. The molecule has 0 radical (unpaired) electrons. The van der Waals surface area contributed by atoms with Crippen LogP contribution in [-0.4, -0.2) is 19.5 Å². The van der Waals surface area contributed by atoms with E-state index >= 15 is 0 Å². The molecule has 0 N–H and O–H groups in total. The Labute approximate surface area is 149 Å². The SMILES string of the molecule is C=CCOc1c(Br)cc(/C=C2\Cc3ccccc3C2=O)cc1OC. The van der Waals surface area contributed by atoms with Gasteiger partial charge in [0.25, 0.3) is 0 Å². The van der Waals surface area contributed by atoms with Crippen LogP contribution in [0.1, 0.15) is 21.5 Å². The van der Waals surface area contributed by atoms with Gasteiger partial charge in [-0.25, -0.2) is 0 Å². The van der Waals surface area contributed by atoms with Gasteiger partial charge in [0.2, 0.25) is 0 Å². The Morgan fingerprint density at radius 3 is 2.79 bits per heavy atom. The summed E-state index contributed by atoms with van der Waals surface area (Å²) in [4.78, 5) is 12.5. The number of halogens is 1. The summed E-state index contributed by atoms with van der Waals surface area (Å²) in [5, 5.41) is 0. The summed E-state index contributed by atoms with van der Waals surface area (Å²) < 4.78 is 11.8. The van der Waals surface area contributed by atoms with Gasteiger partial charge in [-0.15, -0.1) is 0 Å². The molecule has 2 aromatic rings. The highest BCUT2D eigenvalue weighted by molar-refractivity contribution is 9.10. The predicted octanol–water partition coefficient (Wildman–Crippen LogP) is 4.84. The third-order valence-corrected chi connectivity index (χ3v) is 4.46. The minimum Gasteiger partial charge on any atom is -0.493 e. The van der Waals surface area contributed by atoms with E-state index in [-0.39, 0.29) is 5.78 Å². The van der Waals surface area contributed by atoms with Crippen molar-refractivity contribution in [2.75, 3.05) is 13.7 Å². The Bertz CT molecular complexity index is 837. The van der Waals surface area contributed by atoms with Gasteiger partial charge in [0.1, 0.15) is 6.61 Å². The van der Waals surface area contributed by atoms with Crippen LogP contribution in [0.5, 0.6) is 11.5 Å². The number of hydrogen-bond acceptors (Lipinski definition) is 3. The molecule has 4 heteroatoms. The van der Waals surface area contributed by atoms with Gasteiger partial charge in [-0.2, -0.15) is 0 Å². The molecule has 0 spiro atoms. The maximum Gasteiger partial charge on any atom is 0.189 e. The van der Waals surface area contributed by atoms with E-state index in [1.54, 1.807) is 13.2 Å². The van der Waals surface area contributed by atoms with E-state index in [0.717, 1.165) is 26.7 Å². The molecule has 0 aromatic heterocycles. The maximum atomic E-state index is 12.5. The molecule has 0 amide bonds. The summed E-state index contributed by atoms with van der Waals surface area (Å²) in [6.45, 7) is 4.04. The van der Waals surface area contributed by atoms with Crippen LogP contribution in [0, 0.1) is 0 Å². The van der Waals surface area contributed by atoms with Crippen LogP contribution in [0.4, 0.5) is 0 Å². The van der Waals surface area contributed by atoms with Crippen molar-refractivity contribution in [3.05, 3.63) is 75.8 Å². The zero-order chi connectivity index (χ0) is 17.1. The second-order valence-corrected chi connectivity index (χ2v) is 6.32. The number of allylic oxidation sites excluding steroid dienone is 1. The van der Waals surface area contributed by atoms with Gasteiger partial charge in [0, 0.05) is 17.6 Å². The Hall–Kier alpha value is -2.33. The molecule has 3 nitrogen and oxygen atoms in total. The molecule has 0 saturated heterocycles. The first-order valence-corrected chi connectivity index (χ1v) is 8.37. The van der Waals surface area contributed by atoms with Gasteiger partial charge < -0.3 is 9.47 Å². The lowest BCUT2D eigenvalue weighted by Gasteiger charge is -2.12. The predicted molar refractivity (Wildman–Crippen MR) is 98.8 cm³/mol. The Kier molecular flexibility index (Phi) is 4.86. The van der Waals surface area contributed by atoms with Crippen LogP contribution in [0.25, 0.3) is 6.08 Å². The van der Waals surface area contributed by atoms with Crippen LogP contribution >= 0.6 is 15.9 Å². The minimum absolute atomic E-state index is 0.0904. The van der Waals surface area contributed by atoms with Gasteiger partial charge in [0.05, 0.1) is 11.6 Å². The van der Waals surface area contributed by atoms with Crippen LogP contribution in [0.3, 0.4) is 0 Å². The highest BCUT2D eigenvalue weighted by Gasteiger charge is 2.24. The van der Waals surface area contributed by atoms with E-state index in [1.807, 2.05) is 42.5 Å². The van der Waals surface area contributed by atoms with Crippen molar-refractivity contribution < 1.29 is 14.3 Å². The first-order chi connectivity index (χ1) is 11.6. The standard InChI is InChI=1S/C20H17BrO3/c1-3-8-24-20-17(21)10-13(11-18(20)23-2)9-15-12-14-6-4-5-7-16(14)19(15)22/h3-7,9-11H,1,8,12H2,2H3/b15-9+. The van der Waals surface area contributed by atoms with Crippen molar-refractivity contribution in [3.63, 3.8) is 0 Å². The number of methoxy groups -OCH3 is 1. The monoisotopic (exact) mass is 384 g/mol. The van der Waals surface area contributed by atoms with Crippen molar-refractivity contribution in [1.82, 2.24) is 0 Å². The number of hydrogen-bond donors (Lipinski definition) is 0. The van der Waals surface area contributed by atoms with Gasteiger partial charge in [-0.1, -0.05) is 36.9 Å². The molecule has 0 fully saturated rings. The number of Topliss-reactive ketones (excluding diaryl/α,β-unsaturated/α-hetero) is 1. The fourth-order valence-electron chi connectivity index (χ4n) is 2.78. The summed E-state index contributed by atoms with van der Waals surface area (Å²) in [5.74, 6) is 1.33. The summed E-state index contributed by atoms with van der Waals surface area (Å²) in [6.07, 6.45) is 4.24. The zero-order valence-corrected chi connectivity index (χ0v) is 14.9. The molecule has 3 rings (SSSR count). The van der Waals surface area contributed by atoms with Crippen LogP contribution in [-0.2, 0) is 6.42 Å². The van der Waals surface area contributed by atoms with E-state index in [9.17, 15) is 4.79 Å². The van der Waals surface area contributed by atoms with Gasteiger partial charge in [-0.3, -0.25) is 4.79 Å². The molecule has 0 aliphatic heterocycles. The number of ether oxygens (including phenoxy) is 2. The molecular formula is C20H17BrO3. The van der Waals surface area contributed by atoms with Crippen molar-refractivity contribution in [1.29, 1.82) is 0 Å². The average Bonchev–Trinajstić information content (AvgIpc) is 2.90. The van der Waals surface area contributed by atoms with Gasteiger partial charge in [-0.05, 0) is 45.3 Å².